The van der Waals surface area contributed by atoms with Gasteiger partial charge in [0.25, 0.3) is 0 Å². The van der Waals surface area contributed by atoms with Crippen LogP contribution in [0.25, 0.3) is 0 Å². The standard InChI is InChI=1S/C9H15ClFNO2/c10-5-9(14)12-4-2-8(13)7(6-12)1-3-11/h7-8,13H,1-6H2/t7-,8+/m0/s1. The van der Waals surface area contributed by atoms with E-state index in [0.29, 0.717) is 25.9 Å². The summed E-state index contributed by atoms with van der Waals surface area (Å²) in [6.07, 6.45) is 0.352. The molecule has 0 aromatic carbocycles. The summed E-state index contributed by atoms with van der Waals surface area (Å²) in [7, 11) is 0. The van der Waals surface area contributed by atoms with Crippen LogP contribution < -0.4 is 0 Å². The summed E-state index contributed by atoms with van der Waals surface area (Å²) in [5, 5.41) is 9.53. The van der Waals surface area contributed by atoms with Crippen molar-refractivity contribution in [3.8, 4) is 0 Å². The molecular formula is C9H15ClFNO2. The minimum atomic E-state index is -0.481. The predicted octanol–water partition coefficient (Wildman–Crippen LogP) is 0.794. The van der Waals surface area contributed by atoms with Gasteiger partial charge in [0.05, 0.1) is 12.8 Å². The van der Waals surface area contributed by atoms with Crippen molar-refractivity contribution in [1.29, 1.82) is 0 Å². The molecule has 1 amide bonds. The van der Waals surface area contributed by atoms with Crippen LogP contribution in [0.2, 0.25) is 0 Å². The maximum absolute atomic E-state index is 12.1. The second-order valence-corrected chi connectivity index (χ2v) is 3.83. The van der Waals surface area contributed by atoms with Crippen molar-refractivity contribution in [1.82, 2.24) is 4.90 Å². The monoisotopic (exact) mass is 223 g/mol. The van der Waals surface area contributed by atoms with Crippen LogP contribution in [0.5, 0.6) is 0 Å². The second-order valence-electron chi connectivity index (χ2n) is 3.57. The maximum Gasteiger partial charge on any atom is 0.237 e. The quantitative estimate of drug-likeness (QED) is 0.719. The van der Waals surface area contributed by atoms with Crippen LogP contribution in [-0.2, 0) is 4.79 Å². The van der Waals surface area contributed by atoms with Gasteiger partial charge < -0.3 is 10.0 Å². The van der Waals surface area contributed by atoms with E-state index in [1.54, 1.807) is 4.90 Å². The number of hydrogen-bond acceptors (Lipinski definition) is 2. The number of carbonyl (C=O) groups excluding carboxylic acids is 1. The largest absolute Gasteiger partial charge is 0.393 e. The van der Waals surface area contributed by atoms with Crippen LogP contribution in [0.1, 0.15) is 12.8 Å². The number of likely N-dealkylation sites (tertiary alicyclic amines) is 1. The lowest BCUT2D eigenvalue weighted by Gasteiger charge is -2.35. The third-order valence-corrected chi connectivity index (χ3v) is 2.87. The zero-order chi connectivity index (χ0) is 10.6. The molecule has 0 radical (unpaired) electrons. The SMILES string of the molecule is O=C(CCl)N1CC[C@@H](O)[C@@H](CCF)C1. The molecule has 1 fully saturated rings. The normalized spacial score (nSPS) is 27.8. The summed E-state index contributed by atoms with van der Waals surface area (Å²) in [6, 6.07) is 0. The van der Waals surface area contributed by atoms with Gasteiger partial charge in [-0.3, -0.25) is 9.18 Å². The van der Waals surface area contributed by atoms with E-state index in [2.05, 4.69) is 0 Å². The van der Waals surface area contributed by atoms with Gasteiger partial charge in [0.15, 0.2) is 0 Å². The van der Waals surface area contributed by atoms with E-state index in [1.807, 2.05) is 0 Å². The zero-order valence-electron chi connectivity index (χ0n) is 7.96. The lowest BCUT2D eigenvalue weighted by atomic mass is 9.92. The molecule has 1 N–H and O–H groups in total. The number of nitrogens with zero attached hydrogens (tertiary/aromatic N) is 1. The molecule has 0 spiro atoms. The number of rotatable bonds is 3. The van der Waals surface area contributed by atoms with Gasteiger partial charge >= 0.3 is 0 Å². The molecule has 0 aromatic rings. The molecule has 5 heteroatoms. The summed E-state index contributed by atoms with van der Waals surface area (Å²) in [6.45, 7) is 0.497. The Morgan fingerprint density at radius 2 is 2.36 bits per heavy atom. The average molecular weight is 224 g/mol. The molecule has 1 rings (SSSR count). The van der Waals surface area contributed by atoms with E-state index in [9.17, 15) is 14.3 Å². The average Bonchev–Trinajstić information content (AvgIpc) is 2.20. The van der Waals surface area contributed by atoms with Gasteiger partial charge in [-0.25, -0.2) is 0 Å². The molecule has 82 valence electrons. The second kappa shape index (κ2) is 5.51. The van der Waals surface area contributed by atoms with E-state index in [0.717, 1.165) is 0 Å². The zero-order valence-corrected chi connectivity index (χ0v) is 8.71. The van der Waals surface area contributed by atoms with Crippen molar-refractivity contribution in [3.05, 3.63) is 0 Å². The lowest BCUT2D eigenvalue weighted by molar-refractivity contribution is -0.132. The number of aliphatic hydroxyl groups excluding tert-OH is 1. The van der Waals surface area contributed by atoms with Gasteiger partial charge in [0.1, 0.15) is 5.88 Å². The van der Waals surface area contributed by atoms with Crippen LogP contribution in [0.15, 0.2) is 0 Å². The number of amides is 1. The first kappa shape index (κ1) is 11.7. The molecule has 0 bridgehead atoms. The minimum Gasteiger partial charge on any atom is -0.393 e. The molecule has 1 saturated heterocycles. The van der Waals surface area contributed by atoms with Crippen molar-refractivity contribution in [2.24, 2.45) is 5.92 Å². The lowest BCUT2D eigenvalue weighted by Crippen LogP contribution is -2.46. The molecule has 14 heavy (non-hydrogen) atoms. The number of piperidine rings is 1. The Bertz CT molecular complexity index is 203. The van der Waals surface area contributed by atoms with Crippen molar-refractivity contribution in [3.63, 3.8) is 0 Å². The molecular weight excluding hydrogens is 209 g/mol. The maximum atomic E-state index is 12.1. The number of halogens is 2. The Morgan fingerprint density at radius 3 is 2.93 bits per heavy atom. The van der Waals surface area contributed by atoms with E-state index < -0.39 is 12.8 Å². The van der Waals surface area contributed by atoms with Crippen LogP contribution in [0, 0.1) is 5.92 Å². The molecule has 3 nitrogen and oxygen atoms in total. The first-order valence-corrected chi connectivity index (χ1v) is 5.30. The smallest absolute Gasteiger partial charge is 0.237 e. The number of hydrogen-bond donors (Lipinski definition) is 1. The third kappa shape index (κ3) is 2.82. The van der Waals surface area contributed by atoms with Gasteiger partial charge in [0, 0.05) is 19.0 Å². The fourth-order valence-corrected chi connectivity index (χ4v) is 1.92. The molecule has 1 aliphatic heterocycles. The number of carbonyl (C=O) groups is 1. The van der Waals surface area contributed by atoms with Crippen molar-refractivity contribution < 1.29 is 14.3 Å². The van der Waals surface area contributed by atoms with Crippen molar-refractivity contribution >= 4 is 17.5 Å². The highest BCUT2D eigenvalue weighted by Crippen LogP contribution is 2.20. The van der Waals surface area contributed by atoms with Crippen LogP contribution >= 0.6 is 11.6 Å². The third-order valence-electron chi connectivity index (χ3n) is 2.64. The van der Waals surface area contributed by atoms with Crippen molar-refractivity contribution in [2.75, 3.05) is 25.6 Å². The highest BCUT2D eigenvalue weighted by atomic mass is 35.5. The molecule has 1 heterocycles. The Kier molecular flexibility index (Phi) is 4.62. The fraction of sp³-hybridized carbons (Fsp3) is 0.889. The van der Waals surface area contributed by atoms with Crippen molar-refractivity contribution in [2.45, 2.75) is 18.9 Å². The van der Waals surface area contributed by atoms with Gasteiger partial charge in [0.2, 0.25) is 5.91 Å². The first-order valence-electron chi connectivity index (χ1n) is 4.76. The van der Waals surface area contributed by atoms with Gasteiger partial charge in [-0.15, -0.1) is 11.6 Å². The Labute approximate surface area is 87.8 Å². The van der Waals surface area contributed by atoms with Gasteiger partial charge in [-0.05, 0) is 12.8 Å². The summed E-state index contributed by atoms with van der Waals surface area (Å²) in [5.74, 6) is -0.318. The van der Waals surface area contributed by atoms with Crippen LogP contribution in [0.3, 0.4) is 0 Å². The van der Waals surface area contributed by atoms with E-state index in [1.165, 1.54) is 0 Å². The van der Waals surface area contributed by atoms with Gasteiger partial charge in [-0.2, -0.15) is 0 Å². The number of alkyl halides is 2. The number of aliphatic hydroxyl groups is 1. The fourth-order valence-electron chi connectivity index (χ4n) is 1.75. The molecule has 0 unspecified atom stereocenters. The summed E-state index contributed by atoms with van der Waals surface area (Å²) >= 11 is 5.42. The van der Waals surface area contributed by atoms with Crippen LogP contribution in [0.4, 0.5) is 4.39 Å². The summed E-state index contributed by atoms with van der Waals surface area (Å²) < 4.78 is 12.1. The molecule has 0 aliphatic carbocycles. The Hall–Kier alpha value is -0.350. The summed E-state index contributed by atoms with van der Waals surface area (Å²) in [5.41, 5.74) is 0. The highest BCUT2D eigenvalue weighted by Gasteiger charge is 2.29. The first-order chi connectivity index (χ1) is 6.69. The molecule has 0 aromatic heterocycles. The highest BCUT2D eigenvalue weighted by molar-refractivity contribution is 6.27. The topological polar surface area (TPSA) is 40.5 Å². The molecule has 1 aliphatic rings. The van der Waals surface area contributed by atoms with Gasteiger partial charge in [-0.1, -0.05) is 0 Å². The molecule has 2 atom stereocenters. The summed E-state index contributed by atoms with van der Waals surface area (Å²) in [4.78, 5) is 12.8. The Morgan fingerprint density at radius 1 is 1.64 bits per heavy atom. The van der Waals surface area contributed by atoms with E-state index in [4.69, 9.17) is 11.6 Å². The van der Waals surface area contributed by atoms with Crippen LogP contribution in [-0.4, -0.2) is 47.7 Å². The molecule has 0 saturated carbocycles. The minimum absolute atomic E-state index is 0.0432. The Balaban J connectivity index is 2.48. The predicted molar refractivity (Wildman–Crippen MR) is 52.0 cm³/mol. The van der Waals surface area contributed by atoms with E-state index >= 15 is 0 Å². The van der Waals surface area contributed by atoms with E-state index in [-0.39, 0.29) is 17.7 Å².